The molecular formula is C21H22ClN3O2. The molecule has 27 heavy (non-hydrogen) atoms. The minimum absolute atomic E-state index is 0.153. The van der Waals surface area contributed by atoms with Crippen LogP contribution in [0, 0.1) is 6.92 Å². The highest BCUT2D eigenvalue weighted by Gasteiger charge is 2.15. The second kappa shape index (κ2) is 8.73. The maximum atomic E-state index is 12.3. The van der Waals surface area contributed by atoms with Crippen molar-refractivity contribution in [3.05, 3.63) is 77.1 Å². The number of nitrogens with zero attached hydrogens (tertiary/aromatic N) is 2. The Morgan fingerprint density at radius 2 is 2.04 bits per heavy atom. The van der Waals surface area contributed by atoms with Crippen LogP contribution in [0.25, 0.3) is 5.69 Å². The van der Waals surface area contributed by atoms with E-state index >= 15 is 0 Å². The molecule has 0 saturated carbocycles. The number of nitrogens with one attached hydrogen (secondary N) is 1. The predicted octanol–water partition coefficient (Wildman–Crippen LogP) is 3.96. The molecule has 140 valence electrons. The third-order valence-corrected chi connectivity index (χ3v) is 4.41. The number of halogens is 1. The van der Waals surface area contributed by atoms with Crippen LogP contribution in [-0.2, 0) is 11.2 Å². The lowest BCUT2D eigenvalue weighted by atomic mass is 10.2. The number of aromatic nitrogens is 2. The molecule has 0 aliphatic heterocycles. The minimum atomic E-state index is -0.586. The van der Waals surface area contributed by atoms with E-state index in [1.165, 1.54) is 0 Å². The molecule has 6 heteroatoms. The summed E-state index contributed by atoms with van der Waals surface area (Å²) in [5.74, 6) is 0.506. The summed E-state index contributed by atoms with van der Waals surface area (Å²) in [6, 6.07) is 15.2. The van der Waals surface area contributed by atoms with Crippen molar-refractivity contribution in [3.63, 3.8) is 0 Å². The molecule has 3 rings (SSSR count). The zero-order chi connectivity index (χ0) is 19.2. The number of benzene rings is 2. The summed E-state index contributed by atoms with van der Waals surface area (Å²) in [5, 5.41) is 7.91. The molecule has 1 aromatic heterocycles. The van der Waals surface area contributed by atoms with Crippen molar-refractivity contribution in [1.29, 1.82) is 0 Å². The van der Waals surface area contributed by atoms with Gasteiger partial charge >= 0.3 is 0 Å². The van der Waals surface area contributed by atoms with E-state index in [4.69, 9.17) is 16.3 Å². The standard InChI is InChI=1S/C21H22ClN3O2/c1-15-12-18(22)8-9-20(15)27-16(2)21(26)23-11-10-17-13-24-25(14-17)19-6-4-3-5-7-19/h3-9,12-14,16H,10-11H2,1-2H3,(H,23,26). The summed E-state index contributed by atoms with van der Waals surface area (Å²) < 4.78 is 7.57. The second-order valence-corrected chi connectivity index (χ2v) is 6.78. The number of para-hydroxylation sites is 1. The average molecular weight is 384 g/mol. The molecule has 1 N–H and O–H groups in total. The number of hydrogen-bond acceptors (Lipinski definition) is 3. The third-order valence-electron chi connectivity index (χ3n) is 4.18. The van der Waals surface area contributed by atoms with E-state index < -0.39 is 6.10 Å². The van der Waals surface area contributed by atoms with Crippen LogP contribution in [0.3, 0.4) is 0 Å². The molecule has 5 nitrogen and oxygen atoms in total. The van der Waals surface area contributed by atoms with Crippen molar-refractivity contribution in [3.8, 4) is 11.4 Å². The Morgan fingerprint density at radius 3 is 2.78 bits per heavy atom. The first-order valence-electron chi connectivity index (χ1n) is 8.82. The van der Waals surface area contributed by atoms with E-state index in [-0.39, 0.29) is 5.91 Å². The van der Waals surface area contributed by atoms with Crippen LogP contribution in [0.4, 0.5) is 0 Å². The summed E-state index contributed by atoms with van der Waals surface area (Å²) in [6.45, 7) is 4.15. The summed E-state index contributed by atoms with van der Waals surface area (Å²) in [4.78, 5) is 12.3. The molecule has 0 saturated heterocycles. The number of carbonyl (C=O) groups excluding carboxylic acids is 1. The van der Waals surface area contributed by atoms with E-state index in [0.29, 0.717) is 23.7 Å². The van der Waals surface area contributed by atoms with Gasteiger partial charge < -0.3 is 10.1 Å². The largest absolute Gasteiger partial charge is 0.481 e. The van der Waals surface area contributed by atoms with Crippen molar-refractivity contribution in [2.45, 2.75) is 26.4 Å². The van der Waals surface area contributed by atoms with Gasteiger partial charge in [-0.25, -0.2) is 4.68 Å². The zero-order valence-corrected chi connectivity index (χ0v) is 16.1. The maximum Gasteiger partial charge on any atom is 0.260 e. The Labute approximate surface area is 163 Å². The molecule has 1 heterocycles. The fourth-order valence-electron chi connectivity index (χ4n) is 2.67. The lowest BCUT2D eigenvalue weighted by molar-refractivity contribution is -0.127. The Hall–Kier alpha value is -2.79. The molecule has 0 aliphatic rings. The van der Waals surface area contributed by atoms with Crippen LogP contribution < -0.4 is 10.1 Å². The van der Waals surface area contributed by atoms with Gasteiger partial charge in [0.05, 0.1) is 11.9 Å². The second-order valence-electron chi connectivity index (χ2n) is 6.34. The number of ether oxygens (including phenoxy) is 1. The SMILES string of the molecule is Cc1cc(Cl)ccc1OC(C)C(=O)NCCc1cnn(-c2ccccc2)c1. The Balaban J connectivity index is 1.48. The summed E-state index contributed by atoms with van der Waals surface area (Å²) in [7, 11) is 0. The lowest BCUT2D eigenvalue weighted by Gasteiger charge is -2.16. The van der Waals surface area contributed by atoms with E-state index in [1.807, 2.05) is 60.4 Å². The monoisotopic (exact) mass is 383 g/mol. The number of hydrogen-bond donors (Lipinski definition) is 1. The molecule has 3 aromatic rings. The summed E-state index contributed by atoms with van der Waals surface area (Å²) in [5.41, 5.74) is 2.96. The van der Waals surface area contributed by atoms with Gasteiger partial charge in [0, 0.05) is 17.8 Å². The molecule has 1 unspecified atom stereocenters. The van der Waals surface area contributed by atoms with Crippen molar-refractivity contribution in [1.82, 2.24) is 15.1 Å². The normalized spacial score (nSPS) is 11.8. The molecule has 1 amide bonds. The van der Waals surface area contributed by atoms with Gasteiger partial charge in [-0.05, 0) is 61.7 Å². The zero-order valence-electron chi connectivity index (χ0n) is 15.4. The fraction of sp³-hybridized carbons (Fsp3) is 0.238. The minimum Gasteiger partial charge on any atom is -0.481 e. The Bertz CT molecular complexity index is 909. The molecular weight excluding hydrogens is 362 g/mol. The van der Waals surface area contributed by atoms with Crippen LogP contribution in [0.5, 0.6) is 5.75 Å². The van der Waals surface area contributed by atoms with E-state index in [9.17, 15) is 4.79 Å². The van der Waals surface area contributed by atoms with Crippen LogP contribution >= 0.6 is 11.6 Å². The molecule has 0 aliphatic carbocycles. The lowest BCUT2D eigenvalue weighted by Crippen LogP contribution is -2.37. The van der Waals surface area contributed by atoms with Gasteiger partial charge in [-0.3, -0.25) is 4.79 Å². The first-order valence-corrected chi connectivity index (χ1v) is 9.20. The first kappa shape index (κ1) is 19.0. The van der Waals surface area contributed by atoms with Crippen molar-refractivity contribution >= 4 is 17.5 Å². The van der Waals surface area contributed by atoms with Gasteiger partial charge in [-0.15, -0.1) is 0 Å². The Kier molecular flexibility index (Phi) is 6.14. The van der Waals surface area contributed by atoms with Crippen molar-refractivity contribution in [2.75, 3.05) is 6.54 Å². The number of carbonyl (C=O) groups is 1. The van der Waals surface area contributed by atoms with Gasteiger partial charge in [0.1, 0.15) is 5.75 Å². The summed E-state index contributed by atoms with van der Waals surface area (Å²) >= 11 is 5.94. The van der Waals surface area contributed by atoms with Gasteiger partial charge in [-0.1, -0.05) is 29.8 Å². The van der Waals surface area contributed by atoms with Gasteiger partial charge in [0.15, 0.2) is 6.10 Å². The van der Waals surface area contributed by atoms with Crippen LogP contribution in [0.2, 0.25) is 5.02 Å². The van der Waals surface area contributed by atoms with Crippen molar-refractivity contribution in [2.24, 2.45) is 0 Å². The summed E-state index contributed by atoms with van der Waals surface area (Å²) in [6.07, 6.45) is 3.90. The number of rotatable bonds is 7. The number of aryl methyl sites for hydroxylation is 1. The van der Waals surface area contributed by atoms with Gasteiger partial charge in [0.2, 0.25) is 0 Å². The van der Waals surface area contributed by atoms with Crippen LogP contribution in [-0.4, -0.2) is 28.3 Å². The van der Waals surface area contributed by atoms with Crippen molar-refractivity contribution < 1.29 is 9.53 Å². The topological polar surface area (TPSA) is 56.1 Å². The predicted molar refractivity (Wildman–Crippen MR) is 107 cm³/mol. The van der Waals surface area contributed by atoms with Gasteiger partial charge in [-0.2, -0.15) is 5.10 Å². The smallest absolute Gasteiger partial charge is 0.260 e. The molecule has 0 spiro atoms. The fourth-order valence-corrected chi connectivity index (χ4v) is 2.90. The van der Waals surface area contributed by atoms with E-state index in [0.717, 1.165) is 16.8 Å². The van der Waals surface area contributed by atoms with E-state index in [1.54, 1.807) is 19.1 Å². The molecule has 0 fully saturated rings. The molecule has 0 bridgehead atoms. The molecule has 0 radical (unpaired) electrons. The highest BCUT2D eigenvalue weighted by atomic mass is 35.5. The van der Waals surface area contributed by atoms with E-state index in [2.05, 4.69) is 10.4 Å². The maximum absolute atomic E-state index is 12.3. The Morgan fingerprint density at radius 1 is 1.26 bits per heavy atom. The molecule has 2 aromatic carbocycles. The highest BCUT2D eigenvalue weighted by Crippen LogP contribution is 2.22. The highest BCUT2D eigenvalue weighted by molar-refractivity contribution is 6.30. The average Bonchev–Trinajstić information content (AvgIpc) is 3.13. The molecule has 1 atom stereocenters. The first-order chi connectivity index (χ1) is 13.0. The third kappa shape index (κ3) is 5.11. The van der Waals surface area contributed by atoms with Crippen LogP contribution in [0.1, 0.15) is 18.1 Å². The quantitative estimate of drug-likeness (QED) is 0.671. The van der Waals surface area contributed by atoms with Crippen LogP contribution in [0.15, 0.2) is 60.9 Å². The van der Waals surface area contributed by atoms with Gasteiger partial charge in [0.25, 0.3) is 5.91 Å². The number of amides is 1.